The zero-order valence-corrected chi connectivity index (χ0v) is 11.9. The summed E-state index contributed by atoms with van der Waals surface area (Å²) in [6.45, 7) is 0.916. The molecule has 2 heterocycles. The van der Waals surface area contributed by atoms with E-state index in [1.54, 1.807) is 0 Å². The first-order valence-electron chi connectivity index (χ1n) is 7.22. The molecule has 0 spiro atoms. The van der Waals surface area contributed by atoms with Crippen LogP contribution in [0.1, 0.15) is 18.0 Å². The fourth-order valence-corrected chi connectivity index (χ4v) is 2.93. The van der Waals surface area contributed by atoms with E-state index < -0.39 is 0 Å². The Morgan fingerprint density at radius 2 is 2.05 bits per heavy atom. The van der Waals surface area contributed by atoms with Gasteiger partial charge >= 0.3 is 0 Å². The largest absolute Gasteiger partial charge is 0.356 e. The van der Waals surface area contributed by atoms with E-state index >= 15 is 0 Å². The summed E-state index contributed by atoms with van der Waals surface area (Å²) < 4.78 is 1.99. The molecule has 0 bridgehead atoms. The molecule has 2 aromatic carbocycles. The van der Waals surface area contributed by atoms with Crippen LogP contribution in [-0.2, 0) is 0 Å². The Bertz CT molecular complexity index is 792. The van der Waals surface area contributed by atoms with Crippen LogP contribution < -0.4 is 10.6 Å². The van der Waals surface area contributed by atoms with Crippen molar-refractivity contribution >= 4 is 22.7 Å². The smallest absolute Gasteiger partial charge is 0.243 e. The third kappa shape index (κ3) is 2.01. The topological polar surface area (TPSA) is 54.8 Å². The third-order valence-electron chi connectivity index (χ3n) is 4.01. The quantitative estimate of drug-likeness (QED) is 0.757. The number of hydrogen-bond acceptors (Lipinski definition) is 4. The molecule has 106 valence electrons. The van der Waals surface area contributed by atoms with Crippen LogP contribution in [0.3, 0.4) is 0 Å². The van der Waals surface area contributed by atoms with Gasteiger partial charge in [-0.05, 0) is 28.8 Å². The summed E-state index contributed by atoms with van der Waals surface area (Å²) in [5, 5.41) is 13.4. The molecule has 1 aliphatic heterocycles. The highest BCUT2D eigenvalue weighted by atomic mass is 15.5. The van der Waals surface area contributed by atoms with E-state index in [9.17, 15) is 0 Å². The van der Waals surface area contributed by atoms with Gasteiger partial charge in [-0.25, -0.2) is 4.68 Å². The standard InChI is InChI=1S/C16H17N5/c1-17-15-19-16-18-9-8-14(21(16)20-15)13-7-6-11-4-2-3-5-12(11)10-13/h2-7,10,14H,8-9H2,1H3,(H2,17,18,19,20). The number of aromatic nitrogens is 3. The highest BCUT2D eigenvalue weighted by molar-refractivity contribution is 5.83. The Balaban J connectivity index is 1.80. The number of benzene rings is 2. The van der Waals surface area contributed by atoms with Crippen molar-refractivity contribution in [3.63, 3.8) is 0 Å². The number of nitrogens with one attached hydrogen (secondary N) is 2. The predicted octanol–water partition coefficient (Wildman–Crippen LogP) is 2.88. The van der Waals surface area contributed by atoms with Gasteiger partial charge in [0.05, 0.1) is 6.04 Å². The van der Waals surface area contributed by atoms with E-state index in [1.165, 1.54) is 16.3 Å². The second kappa shape index (κ2) is 4.77. The molecule has 2 N–H and O–H groups in total. The average Bonchev–Trinajstić information content (AvgIpc) is 2.97. The van der Waals surface area contributed by atoms with Gasteiger partial charge in [-0.1, -0.05) is 36.4 Å². The van der Waals surface area contributed by atoms with E-state index in [1.807, 2.05) is 11.7 Å². The van der Waals surface area contributed by atoms with Crippen LogP contribution in [0.4, 0.5) is 11.9 Å². The minimum absolute atomic E-state index is 0.237. The highest BCUT2D eigenvalue weighted by Gasteiger charge is 2.24. The second-order valence-electron chi connectivity index (χ2n) is 5.29. The molecule has 3 aromatic rings. The van der Waals surface area contributed by atoms with Gasteiger partial charge in [0, 0.05) is 13.6 Å². The Kier molecular flexibility index (Phi) is 2.77. The molecule has 4 rings (SSSR count). The first-order valence-corrected chi connectivity index (χ1v) is 7.22. The third-order valence-corrected chi connectivity index (χ3v) is 4.01. The summed E-state index contributed by atoms with van der Waals surface area (Å²) in [4.78, 5) is 4.44. The van der Waals surface area contributed by atoms with E-state index in [2.05, 4.69) is 63.2 Å². The minimum atomic E-state index is 0.237. The van der Waals surface area contributed by atoms with Crippen LogP contribution >= 0.6 is 0 Å². The van der Waals surface area contributed by atoms with Crippen LogP contribution in [0.15, 0.2) is 42.5 Å². The molecule has 5 heteroatoms. The maximum atomic E-state index is 4.54. The summed E-state index contributed by atoms with van der Waals surface area (Å²) in [6, 6.07) is 15.3. The molecular formula is C16H17N5. The van der Waals surface area contributed by atoms with Crippen molar-refractivity contribution in [3.05, 3.63) is 48.0 Å². The van der Waals surface area contributed by atoms with Gasteiger partial charge in [0.1, 0.15) is 0 Å². The molecule has 0 fully saturated rings. The van der Waals surface area contributed by atoms with Crippen LogP contribution in [0.5, 0.6) is 0 Å². The van der Waals surface area contributed by atoms with Gasteiger partial charge in [0.25, 0.3) is 0 Å². The summed E-state index contributed by atoms with van der Waals surface area (Å²) >= 11 is 0. The number of hydrogen-bond donors (Lipinski definition) is 2. The number of nitrogens with zero attached hydrogens (tertiary/aromatic N) is 3. The fraction of sp³-hybridized carbons (Fsp3) is 0.250. The molecule has 1 atom stereocenters. The normalized spacial score (nSPS) is 17.3. The Hall–Kier alpha value is -2.56. The zero-order chi connectivity index (χ0) is 14.2. The second-order valence-corrected chi connectivity index (χ2v) is 5.29. The van der Waals surface area contributed by atoms with Crippen molar-refractivity contribution in [2.45, 2.75) is 12.5 Å². The zero-order valence-electron chi connectivity index (χ0n) is 11.9. The van der Waals surface area contributed by atoms with Crippen LogP contribution in [0.25, 0.3) is 10.8 Å². The maximum absolute atomic E-state index is 4.54. The van der Waals surface area contributed by atoms with Gasteiger partial charge < -0.3 is 10.6 Å². The number of anilines is 2. The molecule has 0 saturated heterocycles. The summed E-state index contributed by atoms with van der Waals surface area (Å²) in [5.41, 5.74) is 1.28. The molecule has 1 unspecified atom stereocenters. The Labute approximate surface area is 123 Å². The van der Waals surface area contributed by atoms with Crippen LogP contribution in [0, 0.1) is 0 Å². The minimum Gasteiger partial charge on any atom is -0.356 e. The fourth-order valence-electron chi connectivity index (χ4n) is 2.93. The van der Waals surface area contributed by atoms with Crippen molar-refractivity contribution in [1.82, 2.24) is 14.8 Å². The lowest BCUT2D eigenvalue weighted by Crippen LogP contribution is -2.24. The van der Waals surface area contributed by atoms with Gasteiger partial charge in [-0.15, -0.1) is 5.10 Å². The predicted molar refractivity (Wildman–Crippen MR) is 84.8 cm³/mol. The van der Waals surface area contributed by atoms with Gasteiger partial charge in [0.2, 0.25) is 11.9 Å². The van der Waals surface area contributed by atoms with Gasteiger partial charge in [-0.2, -0.15) is 4.98 Å². The molecule has 1 aromatic heterocycles. The lowest BCUT2D eigenvalue weighted by molar-refractivity contribution is 0.481. The maximum Gasteiger partial charge on any atom is 0.243 e. The molecule has 0 aliphatic carbocycles. The number of rotatable bonds is 2. The molecule has 0 radical (unpaired) electrons. The van der Waals surface area contributed by atoms with E-state index in [0.717, 1.165) is 18.9 Å². The lowest BCUT2D eigenvalue weighted by atomic mass is 9.99. The highest BCUT2D eigenvalue weighted by Crippen LogP contribution is 2.30. The monoisotopic (exact) mass is 279 g/mol. The van der Waals surface area contributed by atoms with Crippen LogP contribution in [0.2, 0.25) is 0 Å². The summed E-state index contributed by atoms with van der Waals surface area (Å²) in [6.07, 6.45) is 1.01. The average molecular weight is 279 g/mol. The summed E-state index contributed by atoms with van der Waals surface area (Å²) in [5.74, 6) is 1.49. The Morgan fingerprint density at radius 3 is 2.90 bits per heavy atom. The molecular weight excluding hydrogens is 262 g/mol. The molecule has 0 amide bonds. The summed E-state index contributed by atoms with van der Waals surface area (Å²) in [7, 11) is 1.84. The Morgan fingerprint density at radius 1 is 1.19 bits per heavy atom. The van der Waals surface area contributed by atoms with E-state index in [-0.39, 0.29) is 6.04 Å². The first-order chi connectivity index (χ1) is 10.3. The molecule has 5 nitrogen and oxygen atoms in total. The van der Waals surface area contributed by atoms with Crippen molar-refractivity contribution in [2.75, 3.05) is 24.2 Å². The molecule has 0 saturated carbocycles. The SMILES string of the molecule is CNc1nc2n(n1)C(c1ccc3ccccc3c1)CCN2. The number of fused-ring (bicyclic) bond motifs is 2. The van der Waals surface area contributed by atoms with E-state index in [4.69, 9.17) is 0 Å². The molecule has 21 heavy (non-hydrogen) atoms. The van der Waals surface area contributed by atoms with Gasteiger partial charge in [-0.3, -0.25) is 0 Å². The van der Waals surface area contributed by atoms with Crippen LogP contribution in [-0.4, -0.2) is 28.4 Å². The van der Waals surface area contributed by atoms with Crippen molar-refractivity contribution in [2.24, 2.45) is 0 Å². The lowest BCUT2D eigenvalue weighted by Gasteiger charge is -2.24. The van der Waals surface area contributed by atoms with Crippen molar-refractivity contribution in [1.29, 1.82) is 0 Å². The van der Waals surface area contributed by atoms with Crippen molar-refractivity contribution < 1.29 is 0 Å². The molecule has 1 aliphatic rings. The van der Waals surface area contributed by atoms with Gasteiger partial charge in [0.15, 0.2) is 0 Å². The van der Waals surface area contributed by atoms with Crippen molar-refractivity contribution in [3.8, 4) is 0 Å². The first kappa shape index (κ1) is 12.2. The van der Waals surface area contributed by atoms with E-state index in [0.29, 0.717) is 5.95 Å².